The molecule has 1 atom stereocenters. The standard InChI is InChI=1S/C23H31N5O2/c29-22-7-3-4-17(26-22)15-27-10-12-28(13-11-27)18-8-9-21-20(14-18)23(25-16-24-21)30-19-5-1-2-6-19/h8-9,14,16-17,19H,1-7,10-13,15H2,(H,26,29). The first kappa shape index (κ1) is 19.5. The van der Waals surface area contributed by atoms with Crippen LogP contribution in [0.1, 0.15) is 44.9 Å². The number of rotatable bonds is 5. The zero-order valence-corrected chi connectivity index (χ0v) is 17.6. The van der Waals surface area contributed by atoms with Crippen molar-refractivity contribution in [2.24, 2.45) is 0 Å². The molecule has 2 aliphatic heterocycles. The highest BCUT2D eigenvalue weighted by atomic mass is 16.5. The Balaban J connectivity index is 1.24. The second-order valence-corrected chi connectivity index (χ2v) is 8.85. The molecule has 5 rings (SSSR count). The number of anilines is 1. The fraction of sp³-hybridized carbons (Fsp3) is 0.609. The van der Waals surface area contributed by atoms with Crippen molar-refractivity contribution in [3.05, 3.63) is 24.5 Å². The largest absolute Gasteiger partial charge is 0.474 e. The van der Waals surface area contributed by atoms with Gasteiger partial charge in [0.25, 0.3) is 0 Å². The van der Waals surface area contributed by atoms with Crippen molar-refractivity contribution in [1.29, 1.82) is 0 Å². The van der Waals surface area contributed by atoms with Gasteiger partial charge in [0, 0.05) is 50.9 Å². The van der Waals surface area contributed by atoms with Crippen molar-refractivity contribution in [3.8, 4) is 5.88 Å². The predicted octanol–water partition coefficient (Wildman–Crippen LogP) is 2.74. The van der Waals surface area contributed by atoms with Gasteiger partial charge in [-0.05, 0) is 56.7 Å². The number of piperidine rings is 1. The highest BCUT2D eigenvalue weighted by molar-refractivity contribution is 5.86. The summed E-state index contributed by atoms with van der Waals surface area (Å²) in [6, 6.07) is 6.74. The molecule has 2 aromatic rings. The SMILES string of the molecule is O=C1CCCC(CN2CCN(c3ccc4ncnc(OC5CCCC5)c4c3)CC2)N1. The van der Waals surface area contributed by atoms with Crippen LogP contribution in [0.15, 0.2) is 24.5 Å². The first-order valence-electron chi connectivity index (χ1n) is 11.4. The summed E-state index contributed by atoms with van der Waals surface area (Å²) in [5.41, 5.74) is 2.15. The fourth-order valence-electron chi connectivity index (χ4n) is 4.99. The van der Waals surface area contributed by atoms with E-state index in [4.69, 9.17) is 4.74 Å². The number of amides is 1. The predicted molar refractivity (Wildman–Crippen MR) is 117 cm³/mol. The van der Waals surface area contributed by atoms with Crippen LogP contribution in [0.2, 0.25) is 0 Å². The molecule has 1 aliphatic carbocycles. The first-order valence-corrected chi connectivity index (χ1v) is 11.4. The van der Waals surface area contributed by atoms with Gasteiger partial charge < -0.3 is 15.0 Å². The molecule has 7 heteroatoms. The van der Waals surface area contributed by atoms with Gasteiger partial charge in [0.15, 0.2) is 0 Å². The van der Waals surface area contributed by atoms with Crippen LogP contribution in [0.25, 0.3) is 10.9 Å². The molecule has 1 saturated carbocycles. The van der Waals surface area contributed by atoms with Crippen molar-refractivity contribution in [2.45, 2.75) is 57.1 Å². The number of nitrogens with zero attached hydrogens (tertiary/aromatic N) is 4. The van der Waals surface area contributed by atoms with E-state index >= 15 is 0 Å². The Morgan fingerprint density at radius 3 is 2.67 bits per heavy atom. The van der Waals surface area contributed by atoms with E-state index in [1.807, 2.05) is 0 Å². The van der Waals surface area contributed by atoms with Gasteiger partial charge in [0.1, 0.15) is 12.4 Å². The topological polar surface area (TPSA) is 70.6 Å². The van der Waals surface area contributed by atoms with Gasteiger partial charge in [-0.2, -0.15) is 0 Å². The number of hydrogen-bond acceptors (Lipinski definition) is 6. The highest BCUT2D eigenvalue weighted by Gasteiger charge is 2.24. The quantitative estimate of drug-likeness (QED) is 0.819. The lowest BCUT2D eigenvalue weighted by atomic mass is 10.0. The second-order valence-electron chi connectivity index (χ2n) is 8.85. The summed E-state index contributed by atoms with van der Waals surface area (Å²) in [5.74, 6) is 0.930. The zero-order chi connectivity index (χ0) is 20.3. The van der Waals surface area contributed by atoms with E-state index in [-0.39, 0.29) is 12.0 Å². The molecule has 1 aromatic carbocycles. The smallest absolute Gasteiger partial charge is 0.224 e. The molecule has 160 valence electrons. The summed E-state index contributed by atoms with van der Waals surface area (Å²) in [7, 11) is 0. The lowest BCUT2D eigenvalue weighted by molar-refractivity contribution is -0.123. The first-order chi connectivity index (χ1) is 14.7. The van der Waals surface area contributed by atoms with Gasteiger partial charge in [-0.25, -0.2) is 9.97 Å². The lowest BCUT2D eigenvalue weighted by Gasteiger charge is -2.38. The number of carbonyl (C=O) groups is 1. The molecule has 30 heavy (non-hydrogen) atoms. The summed E-state index contributed by atoms with van der Waals surface area (Å²) in [6.07, 6.45) is 9.42. The molecule has 1 N–H and O–H groups in total. The van der Waals surface area contributed by atoms with E-state index in [0.717, 1.165) is 75.2 Å². The average molecular weight is 410 g/mol. The van der Waals surface area contributed by atoms with Crippen LogP contribution < -0.4 is 15.0 Å². The summed E-state index contributed by atoms with van der Waals surface area (Å²) in [4.78, 5) is 25.4. The van der Waals surface area contributed by atoms with E-state index in [0.29, 0.717) is 12.5 Å². The van der Waals surface area contributed by atoms with Crippen LogP contribution in [0.5, 0.6) is 5.88 Å². The minimum absolute atomic E-state index is 0.207. The molecule has 3 fully saturated rings. The number of carbonyl (C=O) groups excluding carboxylic acids is 1. The van der Waals surface area contributed by atoms with Crippen molar-refractivity contribution < 1.29 is 9.53 Å². The maximum absolute atomic E-state index is 11.6. The minimum Gasteiger partial charge on any atom is -0.474 e. The Morgan fingerprint density at radius 2 is 1.87 bits per heavy atom. The molecule has 3 heterocycles. The van der Waals surface area contributed by atoms with Crippen LogP contribution >= 0.6 is 0 Å². The number of aromatic nitrogens is 2. The Morgan fingerprint density at radius 1 is 1.03 bits per heavy atom. The number of piperazine rings is 1. The van der Waals surface area contributed by atoms with Gasteiger partial charge >= 0.3 is 0 Å². The van der Waals surface area contributed by atoms with E-state index in [1.54, 1.807) is 6.33 Å². The minimum atomic E-state index is 0.207. The van der Waals surface area contributed by atoms with Crippen LogP contribution in [0, 0.1) is 0 Å². The van der Waals surface area contributed by atoms with Crippen LogP contribution in [-0.2, 0) is 4.79 Å². The molecule has 7 nitrogen and oxygen atoms in total. The van der Waals surface area contributed by atoms with E-state index in [1.165, 1.54) is 18.5 Å². The Kier molecular flexibility index (Phi) is 5.71. The maximum atomic E-state index is 11.6. The van der Waals surface area contributed by atoms with E-state index in [2.05, 4.69) is 43.3 Å². The second kappa shape index (κ2) is 8.76. The van der Waals surface area contributed by atoms with E-state index < -0.39 is 0 Å². The Hall–Kier alpha value is -2.41. The number of fused-ring (bicyclic) bond motifs is 1. The van der Waals surface area contributed by atoms with Crippen LogP contribution in [0.4, 0.5) is 5.69 Å². The summed E-state index contributed by atoms with van der Waals surface area (Å²) in [5, 5.41) is 4.15. The third kappa shape index (κ3) is 4.36. The van der Waals surface area contributed by atoms with Crippen LogP contribution in [-0.4, -0.2) is 65.6 Å². The number of hydrogen-bond donors (Lipinski definition) is 1. The molecule has 1 unspecified atom stereocenters. The van der Waals surface area contributed by atoms with Gasteiger partial charge in [0.05, 0.1) is 10.9 Å². The molecule has 0 spiro atoms. The van der Waals surface area contributed by atoms with Gasteiger partial charge in [-0.1, -0.05) is 0 Å². The molecule has 2 saturated heterocycles. The molecule has 0 radical (unpaired) electrons. The molecule has 3 aliphatic rings. The Bertz CT molecular complexity index is 890. The molecular formula is C23H31N5O2. The van der Waals surface area contributed by atoms with Crippen LogP contribution in [0.3, 0.4) is 0 Å². The van der Waals surface area contributed by atoms with Crippen molar-refractivity contribution in [1.82, 2.24) is 20.2 Å². The molecule has 1 amide bonds. The maximum Gasteiger partial charge on any atom is 0.224 e. The zero-order valence-electron chi connectivity index (χ0n) is 17.6. The van der Waals surface area contributed by atoms with Gasteiger partial charge in [-0.3, -0.25) is 9.69 Å². The average Bonchev–Trinajstić information content (AvgIpc) is 3.28. The fourth-order valence-corrected chi connectivity index (χ4v) is 4.99. The monoisotopic (exact) mass is 409 g/mol. The summed E-state index contributed by atoms with van der Waals surface area (Å²) in [6.45, 7) is 4.96. The molecular weight excluding hydrogens is 378 g/mol. The third-order valence-corrected chi connectivity index (χ3v) is 6.70. The molecule has 0 bridgehead atoms. The number of nitrogens with one attached hydrogen (secondary N) is 1. The highest BCUT2D eigenvalue weighted by Crippen LogP contribution is 2.30. The van der Waals surface area contributed by atoms with E-state index in [9.17, 15) is 4.79 Å². The van der Waals surface area contributed by atoms with Gasteiger partial charge in [-0.15, -0.1) is 0 Å². The number of benzene rings is 1. The summed E-state index contributed by atoms with van der Waals surface area (Å²) >= 11 is 0. The normalized spacial score (nSPS) is 23.7. The lowest BCUT2D eigenvalue weighted by Crippen LogP contribution is -2.52. The van der Waals surface area contributed by atoms with Crippen molar-refractivity contribution in [3.63, 3.8) is 0 Å². The van der Waals surface area contributed by atoms with Gasteiger partial charge in [0.2, 0.25) is 11.8 Å². The van der Waals surface area contributed by atoms with Crippen molar-refractivity contribution >= 4 is 22.5 Å². The molecule has 1 aromatic heterocycles. The summed E-state index contributed by atoms with van der Waals surface area (Å²) < 4.78 is 6.23. The number of ether oxygens (including phenoxy) is 1. The Labute approximate surface area is 177 Å². The van der Waals surface area contributed by atoms with Crippen molar-refractivity contribution in [2.75, 3.05) is 37.6 Å². The third-order valence-electron chi connectivity index (χ3n) is 6.70.